The third-order valence-electron chi connectivity index (χ3n) is 7.43. The number of fused-ring (bicyclic) bond motifs is 2. The van der Waals surface area contributed by atoms with E-state index in [9.17, 15) is 14.7 Å². The smallest absolute Gasteiger partial charge is 0.341 e. The number of urea groups is 1. The molecule has 3 N–H and O–H groups in total. The number of hydrogen-bond acceptors (Lipinski definition) is 10. The number of aromatic nitrogens is 5. The second kappa shape index (κ2) is 12.3. The summed E-state index contributed by atoms with van der Waals surface area (Å²) in [6.45, 7) is -0.0511. The van der Waals surface area contributed by atoms with E-state index in [-0.39, 0.29) is 23.9 Å². The van der Waals surface area contributed by atoms with Crippen molar-refractivity contribution in [3.8, 4) is 5.88 Å². The van der Waals surface area contributed by atoms with Gasteiger partial charge in [0, 0.05) is 18.3 Å². The first kappa shape index (κ1) is 28.3. The van der Waals surface area contributed by atoms with Gasteiger partial charge in [-0.2, -0.15) is 0 Å². The molecule has 2 aliphatic rings. The summed E-state index contributed by atoms with van der Waals surface area (Å²) in [4.78, 5) is 41.6. The fourth-order valence-corrected chi connectivity index (χ4v) is 5.41. The van der Waals surface area contributed by atoms with E-state index in [2.05, 4.69) is 30.6 Å². The monoisotopic (exact) mass is 609 g/mol. The van der Waals surface area contributed by atoms with E-state index in [1.54, 1.807) is 23.0 Å². The molecule has 2 aromatic carbocycles. The molecule has 2 aliphatic heterocycles. The number of aromatic carboxylic acids is 1. The van der Waals surface area contributed by atoms with Crippen molar-refractivity contribution in [1.29, 1.82) is 0 Å². The Morgan fingerprint density at radius 3 is 2.44 bits per heavy atom. The van der Waals surface area contributed by atoms with Crippen LogP contribution in [0.15, 0.2) is 91.6 Å². The summed E-state index contributed by atoms with van der Waals surface area (Å²) in [5.41, 5.74) is 2.34. The van der Waals surface area contributed by atoms with Crippen LogP contribution in [0.5, 0.6) is 5.88 Å². The number of carboxylic acids is 1. The maximum absolute atomic E-state index is 12.7. The summed E-state index contributed by atoms with van der Waals surface area (Å²) in [6, 6.07) is 21.3. The molecule has 0 spiro atoms. The summed E-state index contributed by atoms with van der Waals surface area (Å²) < 4.78 is 26.7. The zero-order valence-electron chi connectivity index (χ0n) is 23.6. The van der Waals surface area contributed by atoms with Gasteiger partial charge in [-0.3, -0.25) is 9.88 Å². The summed E-state index contributed by atoms with van der Waals surface area (Å²) in [6.07, 6.45) is 1.73. The molecule has 3 aromatic heterocycles. The SMILES string of the molecule is O=C(Nc1ccccc1)Nc1ncnc2c1ncn2C1OC(COc2ncccc2C(=O)O)C2OC(Cc3ccccc3)OC21. The van der Waals surface area contributed by atoms with Gasteiger partial charge in [-0.25, -0.2) is 29.5 Å². The number of hydrogen-bond donors (Lipinski definition) is 3. The van der Waals surface area contributed by atoms with Gasteiger partial charge < -0.3 is 29.4 Å². The lowest BCUT2D eigenvalue weighted by Gasteiger charge is -2.21. The van der Waals surface area contributed by atoms with Crippen molar-refractivity contribution in [1.82, 2.24) is 24.5 Å². The first-order valence-electron chi connectivity index (χ1n) is 14.2. The second-order valence-corrected chi connectivity index (χ2v) is 10.3. The summed E-state index contributed by atoms with van der Waals surface area (Å²) in [7, 11) is 0. The molecule has 2 amide bonds. The van der Waals surface area contributed by atoms with Gasteiger partial charge in [-0.1, -0.05) is 48.5 Å². The van der Waals surface area contributed by atoms with Gasteiger partial charge in [0.2, 0.25) is 5.88 Å². The number of nitrogens with one attached hydrogen (secondary N) is 2. The molecule has 45 heavy (non-hydrogen) atoms. The van der Waals surface area contributed by atoms with E-state index < -0.39 is 42.8 Å². The highest BCUT2D eigenvalue weighted by Crippen LogP contribution is 2.41. The van der Waals surface area contributed by atoms with Crippen LogP contribution in [-0.2, 0) is 20.6 Å². The molecule has 0 aliphatic carbocycles. The number of pyridine rings is 1. The minimum absolute atomic E-state index is 0.0290. The van der Waals surface area contributed by atoms with Gasteiger partial charge >= 0.3 is 12.0 Å². The number of carbonyl (C=O) groups is 2. The van der Waals surface area contributed by atoms with Crippen molar-refractivity contribution < 1.29 is 33.6 Å². The minimum atomic E-state index is -1.16. The molecule has 0 saturated carbocycles. The Kier molecular flexibility index (Phi) is 7.73. The van der Waals surface area contributed by atoms with Gasteiger partial charge in [0.15, 0.2) is 29.5 Å². The van der Waals surface area contributed by atoms with E-state index in [1.165, 1.54) is 24.7 Å². The average Bonchev–Trinajstić information content (AvgIpc) is 3.75. The number of carbonyl (C=O) groups excluding carboxylic acids is 1. The quantitative estimate of drug-likeness (QED) is 0.221. The molecule has 0 bridgehead atoms. The summed E-state index contributed by atoms with van der Waals surface area (Å²) in [5.74, 6) is -0.974. The number of amides is 2. The van der Waals surface area contributed by atoms with Crippen LogP contribution in [0.1, 0.15) is 22.1 Å². The number of para-hydroxylation sites is 1. The van der Waals surface area contributed by atoms with Crippen LogP contribution in [-0.4, -0.2) is 72.8 Å². The number of anilines is 2. The lowest BCUT2D eigenvalue weighted by atomic mass is 10.1. The van der Waals surface area contributed by atoms with E-state index in [4.69, 9.17) is 18.9 Å². The Hall–Kier alpha value is -5.44. The molecule has 5 aromatic rings. The van der Waals surface area contributed by atoms with Crippen LogP contribution >= 0.6 is 0 Å². The van der Waals surface area contributed by atoms with Crippen LogP contribution in [0.25, 0.3) is 11.2 Å². The minimum Gasteiger partial charge on any atom is -0.477 e. The van der Waals surface area contributed by atoms with Crippen LogP contribution < -0.4 is 15.4 Å². The van der Waals surface area contributed by atoms with Crippen molar-refractivity contribution >= 4 is 34.7 Å². The molecule has 5 atom stereocenters. The highest BCUT2D eigenvalue weighted by molar-refractivity contribution is 6.02. The van der Waals surface area contributed by atoms with Crippen molar-refractivity contribution in [2.75, 3.05) is 17.2 Å². The number of nitrogens with zero attached hydrogens (tertiary/aromatic N) is 5. The van der Waals surface area contributed by atoms with Gasteiger partial charge in [0.25, 0.3) is 0 Å². The molecular formula is C31H27N7O7. The van der Waals surface area contributed by atoms with E-state index >= 15 is 0 Å². The first-order valence-corrected chi connectivity index (χ1v) is 14.2. The third kappa shape index (κ3) is 5.89. The number of ether oxygens (including phenoxy) is 4. The highest BCUT2D eigenvalue weighted by atomic mass is 16.8. The maximum atomic E-state index is 12.7. The van der Waals surface area contributed by atoms with Gasteiger partial charge in [0.05, 0.1) is 6.33 Å². The van der Waals surface area contributed by atoms with Crippen molar-refractivity contribution in [3.05, 3.63) is 103 Å². The summed E-state index contributed by atoms with van der Waals surface area (Å²) >= 11 is 0. The highest BCUT2D eigenvalue weighted by Gasteiger charge is 2.54. The predicted octanol–water partition coefficient (Wildman–Crippen LogP) is 3.89. The van der Waals surface area contributed by atoms with Crippen molar-refractivity contribution in [2.45, 2.75) is 37.3 Å². The topological polar surface area (TPSA) is 172 Å². The van der Waals surface area contributed by atoms with E-state index in [1.807, 2.05) is 48.5 Å². The van der Waals surface area contributed by atoms with E-state index in [0.717, 1.165) is 5.56 Å². The standard InChI is InChI=1S/C31H27N7O7/c39-30(40)20-12-7-13-32-28(20)42-15-21-24-25(45-22(44-24)14-18-8-3-1-4-9-18)29(43-21)38-17-35-23-26(33-16-34-27(23)38)37-31(41)36-19-10-5-2-6-11-19/h1-13,16-17,21-22,24-25,29H,14-15H2,(H,39,40)(H2,33,34,36,37,41). The number of imidazole rings is 1. The second-order valence-electron chi connectivity index (χ2n) is 10.3. The number of rotatable bonds is 9. The first-order chi connectivity index (χ1) is 22.0. The maximum Gasteiger partial charge on any atom is 0.341 e. The third-order valence-corrected chi connectivity index (χ3v) is 7.43. The normalized spacial score (nSPS) is 22.2. The summed E-state index contributed by atoms with van der Waals surface area (Å²) in [5, 5.41) is 15.0. The zero-order chi connectivity index (χ0) is 30.8. The van der Waals surface area contributed by atoms with Gasteiger partial charge in [0.1, 0.15) is 36.8 Å². The van der Waals surface area contributed by atoms with Crippen molar-refractivity contribution in [2.24, 2.45) is 0 Å². The molecule has 0 radical (unpaired) electrons. The molecule has 5 unspecified atom stereocenters. The Balaban J connectivity index is 1.14. The Labute approximate surface area is 256 Å². The zero-order valence-corrected chi connectivity index (χ0v) is 23.6. The van der Waals surface area contributed by atoms with Crippen LogP contribution in [0.3, 0.4) is 0 Å². The largest absolute Gasteiger partial charge is 0.477 e. The molecule has 228 valence electrons. The predicted molar refractivity (Wildman–Crippen MR) is 159 cm³/mol. The fourth-order valence-electron chi connectivity index (χ4n) is 5.41. The van der Waals surface area contributed by atoms with Crippen LogP contribution in [0.4, 0.5) is 16.3 Å². The lowest BCUT2D eigenvalue weighted by molar-refractivity contribution is -0.148. The van der Waals surface area contributed by atoms with E-state index in [0.29, 0.717) is 23.3 Å². The molecule has 2 saturated heterocycles. The number of benzene rings is 2. The Morgan fingerprint density at radius 1 is 0.867 bits per heavy atom. The molecule has 14 nitrogen and oxygen atoms in total. The lowest BCUT2D eigenvalue weighted by Crippen LogP contribution is -2.33. The molecular weight excluding hydrogens is 582 g/mol. The molecule has 5 heterocycles. The average molecular weight is 610 g/mol. The molecule has 2 fully saturated rings. The fraction of sp³-hybridized carbons (Fsp3) is 0.226. The molecule has 14 heteroatoms. The Morgan fingerprint density at radius 2 is 1.64 bits per heavy atom. The number of carboxylic acid groups (broad SMARTS) is 1. The van der Waals surface area contributed by atoms with Crippen LogP contribution in [0.2, 0.25) is 0 Å². The van der Waals surface area contributed by atoms with Crippen molar-refractivity contribution in [3.63, 3.8) is 0 Å². The van der Waals surface area contributed by atoms with Gasteiger partial charge in [-0.05, 0) is 29.8 Å². The van der Waals surface area contributed by atoms with Gasteiger partial charge in [-0.15, -0.1) is 0 Å². The molecule has 7 rings (SSSR count). The van der Waals surface area contributed by atoms with Crippen LogP contribution in [0, 0.1) is 0 Å². The Bertz CT molecular complexity index is 1820.